The number of anilines is 1. The van der Waals surface area contributed by atoms with Gasteiger partial charge < -0.3 is 14.0 Å². The summed E-state index contributed by atoms with van der Waals surface area (Å²) in [5, 5.41) is 3.26. The van der Waals surface area contributed by atoms with E-state index in [-0.39, 0.29) is 18.1 Å². The zero-order valence-electron chi connectivity index (χ0n) is 19.4. The molecule has 9 heteroatoms. The zero-order valence-corrected chi connectivity index (χ0v) is 19.4. The molecule has 1 N–H and O–H groups in total. The van der Waals surface area contributed by atoms with Gasteiger partial charge in [0.25, 0.3) is 11.8 Å². The van der Waals surface area contributed by atoms with E-state index in [4.69, 9.17) is 9.47 Å². The van der Waals surface area contributed by atoms with E-state index in [1.54, 1.807) is 18.3 Å². The number of amides is 4. The van der Waals surface area contributed by atoms with Crippen LogP contribution >= 0.6 is 0 Å². The van der Waals surface area contributed by atoms with Crippen molar-refractivity contribution >= 4 is 40.5 Å². The van der Waals surface area contributed by atoms with Crippen LogP contribution in [0.1, 0.15) is 17.0 Å². The highest BCUT2D eigenvalue weighted by Gasteiger charge is 2.37. The summed E-state index contributed by atoms with van der Waals surface area (Å²) in [4.78, 5) is 43.9. The molecule has 0 saturated carbocycles. The molecule has 0 aliphatic carbocycles. The van der Waals surface area contributed by atoms with Gasteiger partial charge in [-0.2, -0.15) is 0 Å². The monoisotopic (exact) mass is 480 g/mol. The highest BCUT2D eigenvalue weighted by molar-refractivity contribution is 6.39. The molecule has 4 aromatic rings. The van der Waals surface area contributed by atoms with E-state index in [0.717, 1.165) is 32.9 Å². The average Bonchev–Trinajstić information content (AvgIpc) is 3.44. The first-order valence-electron chi connectivity index (χ1n) is 11.3. The Labute approximate surface area is 205 Å². The third-order valence-electron chi connectivity index (χ3n) is 6.33. The quantitative estimate of drug-likeness (QED) is 0.351. The number of aromatic nitrogens is 2. The van der Waals surface area contributed by atoms with Gasteiger partial charge in [0.1, 0.15) is 5.57 Å². The number of carbonyl (C=O) groups excluding carboxylic acids is 3. The number of barbiturate groups is 1. The van der Waals surface area contributed by atoms with Crippen LogP contribution in [0.3, 0.4) is 0 Å². The highest BCUT2D eigenvalue weighted by Crippen LogP contribution is 2.36. The minimum absolute atomic E-state index is 0.0614. The van der Waals surface area contributed by atoms with Crippen molar-refractivity contribution in [3.8, 4) is 17.2 Å². The number of carbonyl (C=O) groups is 3. The topological polar surface area (TPSA) is 103 Å². The number of fused-ring (bicyclic) bond motifs is 2. The Balaban J connectivity index is 1.39. The van der Waals surface area contributed by atoms with Crippen LogP contribution in [0.4, 0.5) is 10.5 Å². The summed E-state index contributed by atoms with van der Waals surface area (Å²) < 4.78 is 12.7. The van der Waals surface area contributed by atoms with E-state index in [2.05, 4.69) is 10.3 Å². The maximum absolute atomic E-state index is 13.4. The SMILES string of the molecule is Cc1cc(/C=C2/C(=O)NC(=O)N(c3ccc4c(c3)OCO4)C2=O)c(C)n1-c1ccc2ncccc2c1. The molecule has 178 valence electrons. The zero-order chi connectivity index (χ0) is 25.0. The van der Waals surface area contributed by atoms with Crippen molar-refractivity contribution in [2.24, 2.45) is 0 Å². The fraction of sp³-hybridized carbons (Fsp3) is 0.111. The molecular formula is C27H20N4O5. The Morgan fingerprint density at radius 2 is 1.75 bits per heavy atom. The van der Waals surface area contributed by atoms with Gasteiger partial charge >= 0.3 is 6.03 Å². The van der Waals surface area contributed by atoms with Gasteiger partial charge in [-0.15, -0.1) is 0 Å². The van der Waals surface area contributed by atoms with Crippen LogP contribution in [-0.2, 0) is 9.59 Å². The van der Waals surface area contributed by atoms with Crippen molar-refractivity contribution in [1.82, 2.24) is 14.9 Å². The maximum atomic E-state index is 13.4. The van der Waals surface area contributed by atoms with E-state index in [9.17, 15) is 14.4 Å². The van der Waals surface area contributed by atoms with Crippen molar-refractivity contribution in [1.29, 1.82) is 0 Å². The normalized spacial score (nSPS) is 16.2. The second-order valence-corrected chi connectivity index (χ2v) is 8.54. The molecule has 2 aromatic carbocycles. The average molecular weight is 480 g/mol. The molecule has 0 spiro atoms. The molecular weight excluding hydrogens is 460 g/mol. The molecule has 0 bridgehead atoms. The summed E-state index contributed by atoms with van der Waals surface area (Å²) in [6, 6.07) is 15.6. The van der Waals surface area contributed by atoms with E-state index >= 15 is 0 Å². The fourth-order valence-electron chi connectivity index (χ4n) is 4.60. The summed E-state index contributed by atoms with van der Waals surface area (Å²) in [7, 11) is 0. The van der Waals surface area contributed by atoms with Crippen LogP contribution in [0.5, 0.6) is 11.5 Å². The van der Waals surface area contributed by atoms with E-state index in [1.165, 1.54) is 12.1 Å². The summed E-state index contributed by atoms with van der Waals surface area (Å²) in [6.07, 6.45) is 3.27. The molecule has 0 unspecified atom stereocenters. The second-order valence-electron chi connectivity index (χ2n) is 8.54. The molecule has 0 atom stereocenters. The molecule has 6 rings (SSSR count). The number of benzene rings is 2. The first-order valence-corrected chi connectivity index (χ1v) is 11.3. The Hall–Kier alpha value is -4.92. The largest absolute Gasteiger partial charge is 0.454 e. The molecule has 4 amide bonds. The van der Waals surface area contributed by atoms with Gasteiger partial charge in [-0.05, 0) is 68.0 Å². The molecule has 9 nitrogen and oxygen atoms in total. The van der Waals surface area contributed by atoms with Crippen molar-refractivity contribution in [2.45, 2.75) is 13.8 Å². The Morgan fingerprint density at radius 1 is 0.944 bits per heavy atom. The smallest absolute Gasteiger partial charge is 0.335 e. The standard InChI is InChI=1S/C27H20N4O5/c1-15-10-18(16(2)30(15)19-5-7-22-17(11-19)4-3-9-28-22)12-21-25(32)29-27(34)31(26(21)33)20-6-8-23-24(13-20)36-14-35-23/h3-13H,14H2,1-2H3,(H,29,32,34)/b21-12-. The molecule has 2 aliphatic rings. The fourth-order valence-corrected chi connectivity index (χ4v) is 4.60. The molecule has 0 radical (unpaired) electrons. The highest BCUT2D eigenvalue weighted by atomic mass is 16.7. The predicted molar refractivity (Wildman–Crippen MR) is 132 cm³/mol. The predicted octanol–water partition coefficient (Wildman–Crippen LogP) is 4.04. The van der Waals surface area contributed by atoms with Crippen LogP contribution in [-0.4, -0.2) is 34.2 Å². The maximum Gasteiger partial charge on any atom is 0.335 e. The lowest BCUT2D eigenvalue weighted by atomic mass is 10.1. The molecule has 2 aromatic heterocycles. The number of hydrogen-bond donors (Lipinski definition) is 1. The molecule has 4 heterocycles. The van der Waals surface area contributed by atoms with Gasteiger partial charge in [-0.1, -0.05) is 6.07 Å². The summed E-state index contributed by atoms with van der Waals surface area (Å²) >= 11 is 0. The van der Waals surface area contributed by atoms with Crippen molar-refractivity contribution in [2.75, 3.05) is 11.7 Å². The van der Waals surface area contributed by atoms with Crippen LogP contribution in [0.15, 0.2) is 66.4 Å². The number of nitrogens with zero attached hydrogens (tertiary/aromatic N) is 3. The van der Waals surface area contributed by atoms with Crippen molar-refractivity contribution in [3.63, 3.8) is 0 Å². The lowest BCUT2D eigenvalue weighted by Gasteiger charge is -2.26. The lowest BCUT2D eigenvalue weighted by Crippen LogP contribution is -2.54. The van der Waals surface area contributed by atoms with Crippen LogP contribution in [0, 0.1) is 13.8 Å². The number of pyridine rings is 1. The van der Waals surface area contributed by atoms with E-state index in [1.807, 2.05) is 54.8 Å². The van der Waals surface area contributed by atoms with Crippen LogP contribution in [0.25, 0.3) is 22.7 Å². The first-order chi connectivity index (χ1) is 17.4. The summed E-state index contributed by atoms with van der Waals surface area (Å²) in [5.41, 5.74) is 4.42. The van der Waals surface area contributed by atoms with Gasteiger partial charge in [-0.3, -0.25) is 19.9 Å². The van der Waals surface area contributed by atoms with Crippen molar-refractivity contribution in [3.05, 3.63) is 83.3 Å². The lowest BCUT2D eigenvalue weighted by molar-refractivity contribution is -0.122. The van der Waals surface area contributed by atoms with Crippen LogP contribution in [0.2, 0.25) is 0 Å². The van der Waals surface area contributed by atoms with Crippen LogP contribution < -0.4 is 19.7 Å². The molecule has 2 aliphatic heterocycles. The number of aryl methyl sites for hydroxylation is 1. The second kappa shape index (κ2) is 8.09. The number of imide groups is 2. The van der Waals surface area contributed by atoms with E-state index < -0.39 is 17.8 Å². The third kappa shape index (κ3) is 3.40. The van der Waals surface area contributed by atoms with Crippen molar-refractivity contribution < 1.29 is 23.9 Å². The minimum Gasteiger partial charge on any atom is -0.454 e. The van der Waals surface area contributed by atoms with Gasteiger partial charge in [0.2, 0.25) is 6.79 Å². The summed E-state index contributed by atoms with van der Waals surface area (Å²) in [6.45, 7) is 3.93. The molecule has 1 fully saturated rings. The molecule has 1 saturated heterocycles. The number of rotatable bonds is 3. The number of nitrogens with one attached hydrogen (secondary N) is 1. The molecule has 36 heavy (non-hydrogen) atoms. The number of urea groups is 1. The van der Waals surface area contributed by atoms with Gasteiger partial charge in [0.15, 0.2) is 11.5 Å². The van der Waals surface area contributed by atoms with Gasteiger partial charge in [0.05, 0.1) is 11.2 Å². The Bertz CT molecular complexity index is 1630. The van der Waals surface area contributed by atoms with Gasteiger partial charge in [-0.25, -0.2) is 9.69 Å². The minimum atomic E-state index is -0.823. The first kappa shape index (κ1) is 21.6. The number of ether oxygens (including phenoxy) is 2. The van der Waals surface area contributed by atoms with E-state index in [0.29, 0.717) is 17.1 Å². The Kier molecular flexibility index (Phi) is 4.85. The Morgan fingerprint density at radius 3 is 2.61 bits per heavy atom. The third-order valence-corrected chi connectivity index (χ3v) is 6.33. The van der Waals surface area contributed by atoms with Gasteiger partial charge in [0, 0.05) is 34.7 Å². The summed E-state index contributed by atoms with van der Waals surface area (Å²) in [5.74, 6) is -0.523. The number of hydrogen-bond acceptors (Lipinski definition) is 6.